The summed E-state index contributed by atoms with van der Waals surface area (Å²) in [5.74, 6) is 1.40. The summed E-state index contributed by atoms with van der Waals surface area (Å²) in [6.45, 7) is 6.89. The van der Waals surface area contributed by atoms with Crippen molar-refractivity contribution in [3.63, 3.8) is 0 Å². The van der Waals surface area contributed by atoms with E-state index in [1.54, 1.807) is 37.3 Å². The van der Waals surface area contributed by atoms with Gasteiger partial charge >= 0.3 is 5.97 Å². The number of likely N-dealkylation sites (tertiary alicyclic amines) is 1. The number of hydrogen-bond acceptors (Lipinski definition) is 11. The molecule has 0 spiro atoms. The first kappa shape index (κ1) is 40.4. The highest BCUT2D eigenvalue weighted by atomic mass is 16.5. The van der Waals surface area contributed by atoms with E-state index < -0.39 is 24.0 Å². The molecule has 12 nitrogen and oxygen atoms in total. The Morgan fingerprint density at radius 2 is 1.61 bits per heavy atom. The highest BCUT2D eigenvalue weighted by molar-refractivity contribution is 5.89. The third-order valence-electron chi connectivity index (χ3n) is 10.2. The lowest BCUT2D eigenvalue weighted by Gasteiger charge is -2.37. The largest absolute Gasteiger partial charge is 0.496 e. The molecule has 0 aromatic heterocycles. The van der Waals surface area contributed by atoms with Crippen LogP contribution < -0.4 is 23.7 Å². The van der Waals surface area contributed by atoms with E-state index in [0.29, 0.717) is 78.7 Å². The Morgan fingerprint density at radius 3 is 2.28 bits per heavy atom. The molecular formula is C42H54N2O10. The molecule has 3 aromatic rings. The lowest BCUT2D eigenvalue weighted by Crippen LogP contribution is -2.50. The van der Waals surface area contributed by atoms with Gasteiger partial charge in [0.15, 0.2) is 17.8 Å². The summed E-state index contributed by atoms with van der Waals surface area (Å²) in [5.41, 5.74) is 2.91. The molecule has 0 aliphatic carbocycles. The number of carbonyl (C=O) groups excluding carboxylic acids is 3. The summed E-state index contributed by atoms with van der Waals surface area (Å²) in [7, 11) is 6.15. The number of methoxy groups -OCH3 is 4. The molecule has 2 fully saturated rings. The monoisotopic (exact) mass is 746 g/mol. The van der Waals surface area contributed by atoms with Crippen LogP contribution in [0.15, 0.2) is 54.6 Å². The molecule has 54 heavy (non-hydrogen) atoms. The fourth-order valence-electron chi connectivity index (χ4n) is 7.24. The molecule has 3 atom stereocenters. The smallest absolute Gasteiger partial charge is 0.329 e. The van der Waals surface area contributed by atoms with Gasteiger partial charge in [-0.1, -0.05) is 25.1 Å². The van der Waals surface area contributed by atoms with Crippen LogP contribution in [0.25, 0.3) is 0 Å². The van der Waals surface area contributed by atoms with E-state index in [0.717, 1.165) is 63.1 Å². The molecule has 5 rings (SSSR count). The van der Waals surface area contributed by atoms with E-state index in [1.807, 2.05) is 43.3 Å². The first-order valence-corrected chi connectivity index (χ1v) is 18.8. The molecule has 1 amide bonds. The number of aryl methyl sites for hydroxylation is 1. The molecule has 0 saturated carbocycles. The van der Waals surface area contributed by atoms with Crippen molar-refractivity contribution in [3.8, 4) is 28.7 Å². The predicted octanol–water partition coefficient (Wildman–Crippen LogP) is 6.04. The number of morpholine rings is 1. The number of hydrogen-bond donors (Lipinski definition) is 0. The van der Waals surface area contributed by atoms with Crippen molar-refractivity contribution in [2.75, 3.05) is 74.4 Å². The minimum atomic E-state index is -0.746. The van der Waals surface area contributed by atoms with E-state index >= 15 is 0 Å². The summed E-state index contributed by atoms with van der Waals surface area (Å²) < 4.78 is 40.1. The lowest BCUT2D eigenvalue weighted by molar-refractivity contribution is -0.162. The summed E-state index contributed by atoms with van der Waals surface area (Å²) in [6.07, 6.45) is 3.71. The van der Waals surface area contributed by atoms with Crippen LogP contribution in [-0.2, 0) is 25.5 Å². The highest BCUT2D eigenvalue weighted by Gasteiger charge is 2.38. The molecule has 0 N–H and O–H groups in total. The molecule has 2 heterocycles. The van der Waals surface area contributed by atoms with Crippen LogP contribution in [-0.4, -0.2) is 108 Å². The lowest BCUT2D eigenvalue weighted by atomic mass is 9.91. The second kappa shape index (κ2) is 20.0. The van der Waals surface area contributed by atoms with Gasteiger partial charge in [0.2, 0.25) is 11.7 Å². The zero-order valence-corrected chi connectivity index (χ0v) is 32.2. The van der Waals surface area contributed by atoms with E-state index in [-0.39, 0.29) is 5.91 Å². The summed E-state index contributed by atoms with van der Waals surface area (Å²) in [6, 6.07) is 16.0. The standard InChI is InChI=1S/C42H54N2O10/c1-6-34(32-26-38(49-3)40(51-5)39(27-32)50-4)41(46)44-17-8-7-12-35(44)42(47)54-36(16-14-29-13-15-31(28-45)37(24-29)48-2)30-10-9-11-33(25-30)53-23-20-43-18-21-52-22-19-43/h9-11,13,15,24-28,34-36H,6-8,12,14,16-23H2,1-5H3/t34-,35-,36+/m0/s1. The first-order chi connectivity index (χ1) is 26.3. The predicted molar refractivity (Wildman–Crippen MR) is 203 cm³/mol. The number of piperidine rings is 1. The quantitative estimate of drug-likeness (QED) is 0.112. The van der Waals surface area contributed by atoms with Gasteiger partial charge in [-0.15, -0.1) is 0 Å². The zero-order chi connectivity index (χ0) is 38.5. The van der Waals surface area contributed by atoms with Crippen LogP contribution in [0.5, 0.6) is 28.7 Å². The SMILES string of the molecule is CC[C@H](C(=O)N1CCCC[C@H]1C(=O)O[C@H](CCc1ccc(C=O)c(OC)c1)c1cccc(OCCN2CCOCC2)c1)c1cc(OC)c(OC)c(OC)c1. The van der Waals surface area contributed by atoms with Gasteiger partial charge < -0.3 is 38.1 Å². The minimum Gasteiger partial charge on any atom is -0.496 e. The van der Waals surface area contributed by atoms with Crippen LogP contribution in [0.4, 0.5) is 0 Å². The molecule has 0 bridgehead atoms. The Balaban J connectivity index is 1.37. The van der Waals surface area contributed by atoms with Gasteiger partial charge in [-0.25, -0.2) is 4.79 Å². The summed E-state index contributed by atoms with van der Waals surface area (Å²) in [4.78, 5) is 44.2. The Hall–Kier alpha value is -4.81. The molecule has 292 valence electrons. The first-order valence-electron chi connectivity index (χ1n) is 18.8. The van der Waals surface area contributed by atoms with Crippen LogP contribution in [0, 0.1) is 0 Å². The van der Waals surface area contributed by atoms with Crippen molar-refractivity contribution >= 4 is 18.2 Å². The maximum absolute atomic E-state index is 14.4. The normalized spacial score (nSPS) is 17.2. The van der Waals surface area contributed by atoms with E-state index in [2.05, 4.69) is 4.90 Å². The minimum absolute atomic E-state index is 0.150. The summed E-state index contributed by atoms with van der Waals surface area (Å²) in [5, 5.41) is 0. The van der Waals surface area contributed by atoms with Gasteiger partial charge in [-0.3, -0.25) is 14.5 Å². The zero-order valence-electron chi connectivity index (χ0n) is 32.2. The molecule has 3 aromatic carbocycles. The average Bonchev–Trinajstić information content (AvgIpc) is 3.22. The molecule has 2 saturated heterocycles. The van der Waals surface area contributed by atoms with Crippen LogP contribution in [0.2, 0.25) is 0 Å². The van der Waals surface area contributed by atoms with E-state index in [1.165, 1.54) is 14.2 Å². The Labute approximate surface area is 318 Å². The Morgan fingerprint density at radius 1 is 0.870 bits per heavy atom. The Bertz CT molecular complexity index is 1680. The molecule has 0 radical (unpaired) electrons. The number of nitrogens with zero attached hydrogens (tertiary/aromatic N) is 2. The summed E-state index contributed by atoms with van der Waals surface area (Å²) >= 11 is 0. The van der Waals surface area contributed by atoms with Crippen molar-refractivity contribution < 1.29 is 47.5 Å². The van der Waals surface area contributed by atoms with E-state index in [9.17, 15) is 14.4 Å². The van der Waals surface area contributed by atoms with Gasteiger partial charge in [0, 0.05) is 26.2 Å². The van der Waals surface area contributed by atoms with Crippen LogP contribution in [0.3, 0.4) is 0 Å². The van der Waals surface area contributed by atoms with Crippen LogP contribution >= 0.6 is 0 Å². The topological polar surface area (TPSA) is 122 Å². The van der Waals surface area contributed by atoms with Gasteiger partial charge in [-0.2, -0.15) is 0 Å². The highest BCUT2D eigenvalue weighted by Crippen LogP contribution is 2.41. The number of aldehydes is 1. The molecular weight excluding hydrogens is 692 g/mol. The van der Waals surface area contributed by atoms with Crippen molar-refractivity contribution in [1.82, 2.24) is 9.80 Å². The molecule has 2 aliphatic heterocycles. The van der Waals surface area contributed by atoms with Crippen LogP contribution in [0.1, 0.15) is 78.1 Å². The number of esters is 1. The molecule has 12 heteroatoms. The number of amides is 1. The van der Waals surface area contributed by atoms with Gasteiger partial charge in [-0.05, 0) is 91.6 Å². The fourth-order valence-corrected chi connectivity index (χ4v) is 7.24. The second-order valence-corrected chi connectivity index (χ2v) is 13.5. The number of ether oxygens (including phenoxy) is 7. The maximum atomic E-state index is 14.4. The molecule has 2 aliphatic rings. The van der Waals surface area contributed by atoms with Crippen molar-refractivity contribution in [1.29, 1.82) is 0 Å². The van der Waals surface area contributed by atoms with E-state index in [4.69, 9.17) is 33.2 Å². The average molecular weight is 747 g/mol. The number of rotatable bonds is 18. The third-order valence-corrected chi connectivity index (χ3v) is 10.2. The number of benzene rings is 3. The fraction of sp³-hybridized carbons (Fsp3) is 0.500. The van der Waals surface area contributed by atoms with Gasteiger partial charge in [0.25, 0.3) is 0 Å². The number of carbonyl (C=O) groups is 3. The molecule has 0 unspecified atom stereocenters. The van der Waals surface area contributed by atoms with Crippen molar-refractivity contribution in [3.05, 3.63) is 76.9 Å². The second-order valence-electron chi connectivity index (χ2n) is 13.5. The van der Waals surface area contributed by atoms with Gasteiger partial charge in [0.1, 0.15) is 30.3 Å². The Kier molecular flexibility index (Phi) is 15.0. The maximum Gasteiger partial charge on any atom is 0.329 e. The van der Waals surface area contributed by atoms with Crippen molar-refractivity contribution in [2.45, 2.75) is 63.5 Å². The third kappa shape index (κ3) is 10.0. The van der Waals surface area contributed by atoms with Gasteiger partial charge in [0.05, 0.1) is 53.1 Å². The van der Waals surface area contributed by atoms with Crippen molar-refractivity contribution in [2.24, 2.45) is 0 Å².